The number of hydrogen-bond acceptors (Lipinski definition) is 2. The second-order valence-electron chi connectivity index (χ2n) is 4.69. The summed E-state index contributed by atoms with van der Waals surface area (Å²) in [6, 6.07) is 2.59. The van der Waals surface area contributed by atoms with Gasteiger partial charge in [0.1, 0.15) is 5.75 Å². The molecule has 2 nitrogen and oxygen atoms in total. The summed E-state index contributed by atoms with van der Waals surface area (Å²) in [6.07, 6.45) is 2.22. The standard InChI is InChI=1S/C14H20BrNO/c1-4-6-16-11-5-7-17-12-8-9(2)14(15)10(3)13(11)12/h8,11,16H,4-7H2,1-3H3. The maximum atomic E-state index is 5.79. The van der Waals surface area contributed by atoms with E-state index in [1.165, 1.54) is 27.6 Å². The molecular weight excluding hydrogens is 278 g/mol. The number of fused-ring (bicyclic) bond motifs is 1. The van der Waals surface area contributed by atoms with Gasteiger partial charge in [-0.1, -0.05) is 22.9 Å². The third kappa shape index (κ3) is 2.50. The highest BCUT2D eigenvalue weighted by atomic mass is 79.9. The zero-order valence-corrected chi connectivity index (χ0v) is 12.4. The van der Waals surface area contributed by atoms with Gasteiger partial charge in [-0.2, -0.15) is 0 Å². The molecule has 1 aliphatic rings. The molecule has 17 heavy (non-hydrogen) atoms. The molecule has 0 bridgehead atoms. The Morgan fingerprint density at radius 1 is 1.47 bits per heavy atom. The van der Waals surface area contributed by atoms with E-state index in [4.69, 9.17) is 4.74 Å². The third-order valence-corrected chi connectivity index (χ3v) is 4.57. The molecule has 0 aliphatic carbocycles. The average Bonchev–Trinajstić information content (AvgIpc) is 2.33. The molecule has 1 unspecified atom stereocenters. The van der Waals surface area contributed by atoms with E-state index in [1.54, 1.807) is 0 Å². The van der Waals surface area contributed by atoms with E-state index in [9.17, 15) is 0 Å². The Hall–Kier alpha value is -0.540. The van der Waals surface area contributed by atoms with Crippen molar-refractivity contribution in [2.75, 3.05) is 13.2 Å². The van der Waals surface area contributed by atoms with E-state index >= 15 is 0 Å². The van der Waals surface area contributed by atoms with Crippen LogP contribution in [0.3, 0.4) is 0 Å². The molecular formula is C14H20BrNO. The summed E-state index contributed by atoms with van der Waals surface area (Å²) in [5, 5.41) is 3.61. The van der Waals surface area contributed by atoms with Gasteiger partial charge in [0.05, 0.1) is 6.61 Å². The van der Waals surface area contributed by atoms with Crippen LogP contribution in [0.4, 0.5) is 0 Å². The quantitative estimate of drug-likeness (QED) is 0.914. The van der Waals surface area contributed by atoms with Crippen LogP contribution in [-0.2, 0) is 0 Å². The van der Waals surface area contributed by atoms with Gasteiger partial charge in [0.25, 0.3) is 0 Å². The maximum absolute atomic E-state index is 5.79. The Kier molecular flexibility index (Phi) is 4.10. The molecule has 0 saturated carbocycles. The van der Waals surface area contributed by atoms with Gasteiger partial charge in [-0.05, 0) is 44.0 Å². The minimum absolute atomic E-state index is 0.440. The van der Waals surface area contributed by atoms with Crippen molar-refractivity contribution in [1.82, 2.24) is 5.32 Å². The Morgan fingerprint density at radius 3 is 2.94 bits per heavy atom. The van der Waals surface area contributed by atoms with Gasteiger partial charge in [-0.15, -0.1) is 0 Å². The lowest BCUT2D eigenvalue weighted by atomic mass is 9.94. The lowest BCUT2D eigenvalue weighted by Crippen LogP contribution is -2.28. The Balaban J connectivity index is 2.39. The van der Waals surface area contributed by atoms with E-state index in [1.807, 2.05) is 0 Å². The van der Waals surface area contributed by atoms with Crippen LogP contribution in [0.2, 0.25) is 0 Å². The van der Waals surface area contributed by atoms with Crippen molar-refractivity contribution < 1.29 is 4.74 Å². The van der Waals surface area contributed by atoms with Crippen molar-refractivity contribution >= 4 is 15.9 Å². The largest absolute Gasteiger partial charge is 0.493 e. The van der Waals surface area contributed by atoms with Gasteiger partial charge in [0, 0.05) is 22.5 Å². The first-order chi connectivity index (χ1) is 8.15. The van der Waals surface area contributed by atoms with E-state index in [0.717, 1.165) is 25.3 Å². The molecule has 0 fully saturated rings. The average molecular weight is 298 g/mol. The number of nitrogens with one attached hydrogen (secondary N) is 1. The van der Waals surface area contributed by atoms with Gasteiger partial charge in [-0.25, -0.2) is 0 Å². The lowest BCUT2D eigenvalue weighted by Gasteiger charge is -2.29. The number of ether oxygens (including phenoxy) is 1. The summed E-state index contributed by atoms with van der Waals surface area (Å²) in [5.41, 5.74) is 3.90. The smallest absolute Gasteiger partial charge is 0.124 e. The number of aryl methyl sites for hydroxylation is 1. The number of benzene rings is 1. The fraction of sp³-hybridized carbons (Fsp3) is 0.571. The highest BCUT2D eigenvalue weighted by Gasteiger charge is 2.24. The fourth-order valence-electron chi connectivity index (χ4n) is 2.44. The van der Waals surface area contributed by atoms with Gasteiger partial charge in [-0.3, -0.25) is 0 Å². The molecule has 1 aromatic rings. The van der Waals surface area contributed by atoms with Crippen molar-refractivity contribution in [3.8, 4) is 5.75 Å². The molecule has 94 valence electrons. The van der Waals surface area contributed by atoms with Crippen LogP contribution in [0.15, 0.2) is 10.5 Å². The zero-order chi connectivity index (χ0) is 12.4. The Morgan fingerprint density at radius 2 is 2.24 bits per heavy atom. The van der Waals surface area contributed by atoms with Gasteiger partial charge in [0.2, 0.25) is 0 Å². The molecule has 2 rings (SSSR count). The van der Waals surface area contributed by atoms with E-state index in [2.05, 4.69) is 48.1 Å². The van der Waals surface area contributed by atoms with Crippen molar-refractivity contribution in [3.05, 3.63) is 27.2 Å². The van der Waals surface area contributed by atoms with Gasteiger partial charge < -0.3 is 10.1 Å². The lowest BCUT2D eigenvalue weighted by molar-refractivity contribution is 0.252. The highest BCUT2D eigenvalue weighted by Crippen LogP contribution is 2.39. The molecule has 1 aromatic carbocycles. The first kappa shape index (κ1) is 12.9. The van der Waals surface area contributed by atoms with Crippen molar-refractivity contribution in [2.45, 2.75) is 39.7 Å². The molecule has 0 radical (unpaired) electrons. The molecule has 0 amide bonds. The molecule has 3 heteroatoms. The van der Waals surface area contributed by atoms with Crippen LogP contribution in [0.1, 0.15) is 42.5 Å². The number of halogens is 1. The first-order valence-electron chi connectivity index (χ1n) is 6.31. The Labute approximate surface area is 112 Å². The van der Waals surface area contributed by atoms with Crippen LogP contribution < -0.4 is 10.1 Å². The summed E-state index contributed by atoms with van der Waals surface area (Å²) in [4.78, 5) is 0. The summed E-state index contributed by atoms with van der Waals surface area (Å²) in [7, 11) is 0. The summed E-state index contributed by atoms with van der Waals surface area (Å²) < 4.78 is 7.00. The predicted molar refractivity (Wildman–Crippen MR) is 74.8 cm³/mol. The third-order valence-electron chi connectivity index (χ3n) is 3.35. The second kappa shape index (κ2) is 5.40. The zero-order valence-electron chi connectivity index (χ0n) is 10.8. The minimum Gasteiger partial charge on any atom is -0.493 e. The normalized spacial score (nSPS) is 18.7. The van der Waals surface area contributed by atoms with E-state index in [-0.39, 0.29) is 0 Å². The molecule has 1 N–H and O–H groups in total. The summed E-state index contributed by atoms with van der Waals surface area (Å²) >= 11 is 3.67. The predicted octanol–water partition coefficient (Wildman–Crippen LogP) is 3.89. The molecule has 1 atom stereocenters. The van der Waals surface area contributed by atoms with Crippen molar-refractivity contribution in [1.29, 1.82) is 0 Å². The van der Waals surface area contributed by atoms with Crippen LogP contribution in [-0.4, -0.2) is 13.2 Å². The van der Waals surface area contributed by atoms with E-state index in [0.29, 0.717) is 6.04 Å². The maximum Gasteiger partial charge on any atom is 0.124 e. The molecule has 0 aromatic heterocycles. The number of rotatable bonds is 3. The monoisotopic (exact) mass is 297 g/mol. The van der Waals surface area contributed by atoms with Crippen LogP contribution in [0.25, 0.3) is 0 Å². The number of hydrogen-bond donors (Lipinski definition) is 1. The van der Waals surface area contributed by atoms with Gasteiger partial charge in [0.15, 0.2) is 0 Å². The molecule has 1 aliphatic heterocycles. The van der Waals surface area contributed by atoms with Crippen molar-refractivity contribution in [3.63, 3.8) is 0 Å². The van der Waals surface area contributed by atoms with Gasteiger partial charge >= 0.3 is 0 Å². The SMILES string of the molecule is CCCNC1CCOc2cc(C)c(Br)c(C)c21. The summed E-state index contributed by atoms with van der Waals surface area (Å²) in [5.74, 6) is 1.06. The molecule has 0 spiro atoms. The van der Waals surface area contributed by atoms with Crippen LogP contribution in [0, 0.1) is 13.8 Å². The van der Waals surface area contributed by atoms with Crippen LogP contribution >= 0.6 is 15.9 Å². The first-order valence-corrected chi connectivity index (χ1v) is 7.10. The van der Waals surface area contributed by atoms with E-state index < -0.39 is 0 Å². The second-order valence-corrected chi connectivity index (χ2v) is 5.48. The minimum atomic E-state index is 0.440. The topological polar surface area (TPSA) is 21.3 Å². The van der Waals surface area contributed by atoms with Crippen LogP contribution in [0.5, 0.6) is 5.75 Å². The summed E-state index contributed by atoms with van der Waals surface area (Å²) in [6.45, 7) is 8.37. The highest BCUT2D eigenvalue weighted by molar-refractivity contribution is 9.10. The molecule has 0 saturated heterocycles. The molecule has 1 heterocycles. The van der Waals surface area contributed by atoms with Crippen molar-refractivity contribution in [2.24, 2.45) is 0 Å². The Bertz CT molecular complexity index is 417. The fourth-order valence-corrected chi connectivity index (χ4v) is 2.77.